The lowest BCUT2D eigenvalue weighted by molar-refractivity contribution is 0.103. The molecular weight excluding hydrogens is 1300 g/mol. The summed E-state index contributed by atoms with van der Waals surface area (Å²) in [5, 5.41) is 0. The van der Waals surface area contributed by atoms with Crippen LogP contribution in [0.15, 0.2) is 128 Å². The Labute approximate surface area is 594 Å². The summed E-state index contributed by atoms with van der Waals surface area (Å²) >= 11 is 0. The summed E-state index contributed by atoms with van der Waals surface area (Å²) in [5.74, 6) is -2.21. The fraction of sp³-hybridized carbons (Fsp3) is 0.296. The van der Waals surface area contributed by atoms with Crippen LogP contribution >= 0.6 is 0 Å². The number of H-pyrrole nitrogens is 6. The van der Waals surface area contributed by atoms with Gasteiger partial charge in [-0.25, -0.2) is 25.9 Å². The van der Waals surface area contributed by atoms with Crippen molar-refractivity contribution in [1.82, 2.24) is 29.9 Å². The SMILES string of the molecule is CCc1c[nH]c(C(=O)/C=C(\OB(F)F)c2[nH]c(-c3ccc(-c4cc(-c5ccc(-c6[nH]c(/C(=C\C(=O)c7[nH]cc(CC)c7CC)OB(F)F)c(CC)c6CC)cc5)cc(-c5ccc(-c6[nH]c(/C(=C\C(=O)c7[nH]cc(CC)c7CC)OB(F)F)c(CC)c6CC)cc5)c4)cc3)c(CC)c2CC)c1CC. The summed E-state index contributed by atoms with van der Waals surface area (Å²) < 4.78 is 102. The van der Waals surface area contributed by atoms with Gasteiger partial charge in [-0.3, -0.25) is 14.4 Å². The number of hydrogen-bond acceptors (Lipinski definition) is 6. The van der Waals surface area contributed by atoms with Gasteiger partial charge in [0, 0.05) is 53.9 Å². The van der Waals surface area contributed by atoms with Gasteiger partial charge in [-0.15, -0.1) is 0 Å². The van der Waals surface area contributed by atoms with E-state index in [4.69, 9.17) is 14.0 Å². The van der Waals surface area contributed by atoms with E-state index >= 15 is 0 Å². The Hall–Kier alpha value is -10.0. The van der Waals surface area contributed by atoms with Crippen LogP contribution in [0.5, 0.6) is 0 Å². The van der Waals surface area contributed by atoms with E-state index in [0.29, 0.717) is 128 Å². The summed E-state index contributed by atoms with van der Waals surface area (Å²) in [5.41, 5.74) is 21.8. The molecule has 0 saturated heterocycles. The first-order chi connectivity index (χ1) is 49.2. The van der Waals surface area contributed by atoms with Gasteiger partial charge in [-0.2, -0.15) is 0 Å². The zero-order valence-electron chi connectivity index (χ0n) is 60.1. The van der Waals surface area contributed by atoms with Crippen molar-refractivity contribution in [3.05, 3.63) is 229 Å². The average Bonchev–Trinajstić information content (AvgIpc) is 1.76. The van der Waals surface area contributed by atoms with Crippen LogP contribution in [0.3, 0.4) is 0 Å². The van der Waals surface area contributed by atoms with E-state index in [1.807, 2.05) is 156 Å². The Morgan fingerprint density at radius 3 is 0.706 bits per heavy atom. The van der Waals surface area contributed by atoms with E-state index in [1.165, 1.54) is 0 Å². The summed E-state index contributed by atoms with van der Waals surface area (Å²) in [6.45, 7) is 23.6. The molecule has 0 fully saturated rings. The van der Waals surface area contributed by atoms with Gasteiger partial charge in [0.15, 0.2) is 0 Å². The number of aromatic nitrogens is 6. The number of nitrogens with one attached hydrogen (secondary N) is 6. The molecule has 0 atom stereocenters. The van der Waals surface area contributed by atoms with Crippen LogP contribution in [0.1, 0.15) is 198 Å². The standard InChI is InChI=1S/C81H87B3F6N6O6/c1-13-46-43-91-76(58(46)16-4)67(97)40-70(100-82(85)86)79-64(22-10)61(19-7)73(94-79)52-31-25-49(26-32-52)55-37-56(50-27-33-53(34-28-50)74-62(20-8)65(23-11)80(95-74)71(101-83(87)88)41-68(98)77-59(17-5)47(14-2)44-92-77)39-57(38-55)51-29-35-54(36-30-51)75-63(21-9)66(24-12)81(96-75)72(102-84(89)90)42-69(99)78-60(18-6)48(15-3)45-93-78/h25-45,91-96H,13-24H2,1-12H3/b70-40-,71-41+,72-42+. The number of carbonyl (C=O) groups is 3. The molecule has 0 aliphatic heterocycles. The number of ketones is 3. The lowest BCUT2D eigenvalue weighted by Crippen LogP contribution is -2.09. The first-order valence-electron chi connectivity index (χ1n) is 35.6. The van der Waals surface area contributed by atoms with Crippen molar-refractivity contribution < 1.29 is 54.2 Å². The Morgan fingerprint density at radius 2 is 0.510 bits per heavy atom. The highest BCUT2D eigenvalue weighted by Gasteiger charge is 2.32. The number of carbonyl (C=O) groups excluding carboxylic acids is 3. The van der Waals surface area contributed by atoms with Gasteiger partial charge in [0.25, 0.3) is 0 Å². The highest BCUT2D eigenvalue weighted by Crippen LogP contribution is 2.42. The number of rotatable bonds is 33. The number of halogens is 6. The molecule has 102 heavy (non-hydrogen) atoms. The fourth-order valence-corrected chi connectivity index (χ4v) is 14.7. The molecule has 0 aliphatic rings. The first-order valence-corrected chi connectivity index (χ1v) is 35.6. The van der Waals surface area contributed by atoms with Crippen LogP contribution in [0.25, 0.3) is 84.4 Å². The van der Waals surface area contributed by atoms with Gasteiger partial charge in [0.05, 0.1) is 34.2 Å². The molecule has 4 aromatic carbocycles. The van der Waals surface area contributed by atoms with Crippen LogP contribution in [0.4, 0.5) is 25.9 Å². The van der Waals surface area contributed by atoms with E-state index in [0.717, 1.165) is 135 Å². The third kappa shape index (κ3) is 15.4. The quantitative estimate of drug-likeness (QED) is 0.00785. The van der Waals surface area contributed by atoms with Crippen molar-refractivity contribution in [2.24, 2.45) is 0 Å². The van der Waals surface area contributed by atoms with Gasteiger partial charge in [-0.05, 0) is 212 Å². The van der Waals surface area contributed by atoms with Crippen LogP contribution in [-0.2, 0) is 91.0 Å². The first kappa shape index (κ1) is 74.6. The minimum absolute atomic E-state index is 0.260. The molecule has 10 rings (SSSR count). The predicted molar refractivity (Wildman–Crippen MR) is 401 cm³/mol. The predicted octanol–water partition coefficient (Wildman–Crippen LogP) is 20.9. The summed E-state index contributed by atoms with van der Waals surface area (Å²) in [6, 6.07) is 30.2. The van der Waals surface area contributed by atoms with E-state index in [2.05, 4.69) is 48.1 Å². The minimum Gasteiger partial charge on any atom is -0.503 e. The van der Waals surface area contributed by atoms with Crippen LogP contribution in [0.2, 0.25) is 0 Å². The fourth-order valence-electron chi connectivity index (χ4n) is 14.7. The highest BCUT2D eigenvalue weighted by atomic mass is 19.3. The minimum atomic E-state index is -3.21. The molecule has 12 nitrogen and oxygen atoms in total. The molecule has 21 heteroatoms. The third-order valence-electron chi connectivity index (χ3n) is 19.6. The molecule has 6 N–H and O–H groups in total. The molecule has 0 spiro atoms. The lowest BCUT2D eigenvalue weighted by Gasteiger charge is -2.13. The Kier molecular flexibility index (Phi) is 24.3. The molecule has 0 aliphatic carbocycles. The largest absolute Gasteiger partial charge is 0.796 e. The number of hydrogen-bond donors (Lipinski definition) is 6. The zero-order valence-corrected chi connectivity index (χ0v) is 60.1. The van der Waals surface area contributed by atoms with Gasteiger partial charge in [0.1, 0.15) is 17.3 Å². The van der Waals surface area contributed by atoms with Crippen molar-refractivity contribution in [3.8, 4) is 67.2 Å². The lowest BCUT2D eigenvalue weighted by atomic mass is 9.91. The molecule has 0 amide bonds. The molecule has 10 aromatic rings. The van der Waals surface area contributed by atoms with Crippen molar-refractivity contribution in [3.63, 3.8) is 0 Å². The summed E-state index contributed by atoms with van der Waals surface area (Å²) in [7, 11) is -9.62. The van der Waals surface area contributed by atoms with Crippen molar-refractivity contribution in [1.29, 1.82) is 0 Å². The smallest absolute Gasteiger partial charge is 0.503 e. The highest BCUT2D eigenvalue weighted by molar-refractivity contribution is 6.37. The Morgan fingerprint density at radius 1 is 0.294 bits per heavy atom. The van der Waals surface area contributed by atoms with Crippen molar-refractivity contribution in [2.45, 2.75) is 160 Å². The molecule has 0 radical (unpaired) electrons. The maximum absolute atomic E-state index is 14.4. The molecule has 0 saturated carbocycles. The molecule has 528 valence electrons. The molecule has 6 heterocycles. The molecule has 6 aromatic heterocycles. The molecular formula is C81H87B3F6N6O6. The second-order valence-corrected chi connectivity index (χ2v) is 25.0. The normalized spacial score (nSPS) is 12.0. The van der Waals surface area contributed by atoms with Gasteiger partial charge < -0.3 is 43.9 Å². The Bertz CT molecular complexity index is 4270. The van der Waals surface area contributed by atoms with Crippen molar-refractivity contribution in [2.75, 3.05) is 0 Å². The molecule has 0 unspecified atom stereocenters. The summed E-state index contributed by atoms with van der Waals surface area (Å²) in [4.78, 5) is 61.3. The van der Waals surface area contributed by atoms with Crippen molar-refractivity contribution >= 4 is 57.0 Å². The number of aryl methyl sites for hydroxylation is 3. The monoisotopic (exact) mass is 1390 g/mol. The van der Waals surface area contributed by atoms with E-state index < -0.39 is 39.8 Å². The topological polar surface area (TPSA) is 174 Å². The maximum atomic E-state index is 14.4. The van der Waals surface area contributed by atoms with Crippen LogP contribution in [-0.4, -0.2) is 69.7 Å². The third-order valence-corrected chi connectivity index (χ3v) is 19.6. The number of allylic oxidation sites excluding steroid dienone is 3. The zero-order chi connectivity index (χ0) is 73.2. The van der Waals surface area contributed by atoms with Gasteiger partial charge in [0.2, 0.25) is 17.3 Å². The number of aromatic amines is 6. The van der Waals surface area contributed by atoms with E-state index in [1.54, 1.807) is 18.6 Å². The van der Waals surface area contributed by atoms with E-state index in [9.17, 15) is 40.3 Å². The number of benzene rings is 4. The second-order valence-electron chi connectivity index (χ2n) is 25.0. The molecule has 0 bridgehead atoms. The second kappa shape index (κ2) is 33.2. The van der Waals surface area contributed by atoms with Crippen LogP contribution in [0, 0.1) is 0 Å². The maximum Gasteiger partial charge on any atom is 0.796 e. The summed E-state index contributed by atoms with van der Waals surface area (Å²) in [6.07, 6.45) is 15.6. The van der Waals surface area contributed by atoms with Crippen LogP contribution < -0.4 is 0 Å². The van der Waals surface area contributed by atoms with Gasteiger partial charge in [-0.1, -0.05) is 156 Å². The van der Waals surface area contributed by atoms with E-state index in [-0.39, 0.29) is 17.3 Å². The van der Waals surface area contributed by atoms with Gasteiger partial charge >= 0.3 is 22.4 Å². The average molecular weight is 1390 g/mol. The Balaban J connectivity index is 1.06.